The van der Waals surface area contributed by atoms with Crippen LogP contribution >= 0.6 is 11.3 Å². The van der Waals surface area contributed by atoms with E-state index in [9.17, 15) is 8.78 Å². The quantitative estimate of drug-likeness (QED) is 0.764. The standard InChI is InChI=1S/C9H7F2NOS/c1-5-7(6-3-2-4-14-6)12-13-8(5)9(10)11/h2-4,9H,1H3. The molecule has 0 amide bonds. The molecule has 0 unspecified atom stereocenters. The highest BCUT2D eigenvalue weighted by molar-refractivity contribution is 7.13. The Morgan fingerprint density at radius 2 is 2.29 bits per heavy atom. The first-order valence-electron chi connectivity index (χ1n) is 3.98. The van der Waals surface area contributed by atoms with E-state index in [4.69, 9.17) is 0 Å². The van der Waals surface area contributed by atoms with Gasteiger partial charge in [0.2, 0.25) is 5.76 Å². The van der Waals surface area contributed by atoms with Crippen molar-refractivity contribution < 1.29 is 13.3 Å². The molecule has 0 saturated carbocycles. The van der Waals surface area contributed by atoms with Crippen LogP contribution in [0.3, 0.4) is 0 Å². The molecule has 0 aromatic carbocycles. The molecule has 0 atom stereocenters. The van der Waals surface area contributed by atoms with Gasteiger partial charge in [0.15, 0.2) is 0 Å². The van der Waals surface area contributed by atoms with Gasteiger partial charge in [-0.2, -0.15) is 0 Å². The van der Waals surface area contributed by atoms with Gasteiger partial charge >= 0.3 is 0 Å². The zero-order valence-electron chi connectivity index (χ0n) is 7.33. The third-order valence-corrected chi connectivity index (χ3v) is 2.79. The third-order valence-electron chi connectivity index (χ3n) is 1.91. The number of rotatable bonds is 2. The van der Waals surface area contributed by atoms with Crippen molar-refractivity contribution in [3.8, 4) is 10.6 Å². The first-order chi connectivity index (χ1) is 6.70. The Labute approximate surface area is 83.2 Å². The van der Waals surface area contributed by atoms with Crippen molar-refractivity contribution >= 4 is 11.3 Å². The number of nitrogens with zero attached hydrogens (tertiary/aromatic N) is 1. The molecule has 0 fully saturated rings. The molecule has 0 saturated heterocycles. The molecule has 0 N–H and O–H groups in total. The summed E-state index contributed by atoms with van der Waals surface area (Å²) < 4.78 is 29.3. The molecular formula is C9H7F2NOS. The molecule has 14 heavy (non-hydrogen) atoms. The number of aromatic nitrogens is 1. The van der Waals surface area contributed by atoms with E-state index in [0.29, 0.717) is 11.3 Å². The minimum absolute atomic E-state index is 0.339. The van der Waals surface area contributed by atoms with Crippen molar-refractivity contribution in [2.75, 3.05) is 0 Å². The lowest BCUT2D eigenvalue weighted by Gasteiger charge is -1.93. The highest BCUT2D eigenvalue weighted by Gasteiger charge is 2.21. The van der Waals surface area contributed by atoms with Crippen molar-refractivity contribution in [1.82, 2.24) is 5.16 Å². The van der Waals surface area contributed by atoms with Gasteiger partial charge in [-0.15, -0.1) is 11.3 Å². The van der Waals surface area contributed by atoms with Crippen molar-refractivity contribution in [2.24, 2.45) is 0 Å². The fourth-order valence-electron chi connectivity index (χ4n) is 1.20. The summed E-state index contributed by atoms with van der Waals surface area (Å²) in [5, 5.41) is 5.50. The Hall–Kier alpha value is -1.23. The highest BCUT2D eigenvalue weighted by atomic mass is 32.1. The fourth-order valence-corrected chi connectivity index (χ4v) is 1.96. The molecule has 2 aromatic heterocycles. The van der Waals surface area contributed by atoms with Crippen molar-refractivity contribution in [3.05, 3.63) is 28.8 Å². The molecule has 5 heteroatoms. The average Bonchev–Trinajstić information content (AvgIpc) is 2.71. The lowest BCUT2D eigenvalue weighted by Crippen LogP contribution is -1.83. The molecule has 2 rings (SSSR count). The molecule has 74 valence electrons. The van der Waals surface area contributed by atoms with Crippen molar-refractivity contribution in [3.63, 3.8) is 0 Å². The van der Waals surface area contributed by atoms with E-state index in [0.717, 1.165) is 4.88 Å². The zero-order chi connectivity index (χ0) is 10.1. The Kier molecular flexibility index (Phi) is 2.33. The highest BCUT2D eigenvalue weighted by Crippen LogP contribution is 2.32. The number of hydrogen-bond acceptors (Lipinski definition) is 3. The molecule has 0 radical (unpaired) electrons. The molecule has 2 heterocycles. The summed E-state index contributed by atoms with van der Waals surface area (Å²) in [6, 6.07) is 3.67. The summed E-state index contributed by atoms with van der Waals surface area (Å²) in [7, 11) is 0. The van der Waals surface area contributed by atoms with Gasteiger partial charge in [-0.05, 0) is 18.4 Å². The van der Waals surface area contributed by atoms with E-state index < -0.39 is 6.43 Å². The SMILES string of the molecule is Cc1c(-c2cccs2)noc1C(F)F. The van der Waals surface area contributed by atoms with Gasteiger partial charge in [-0.3, -0.25) is 0 Å². The third kappa shape index (κ3) is 1.43. The van der Waals surface area contributed by atoms with E-state index in [1.54, 1.807) is 6.92 Å². The van der Waals surface area contributed by atoms with E-state index >= 15 is 0 Å². The second-order valence-electron chi connectivity index (χ2n) is 2.80. The predicted molar refractivity (Wildman–Crippen MR) is 49.5 cm³/mol. The second kappa shape index (κ2) is 3.49. The van der Waals surface area contributed by atoms with Gasteiger partial charge in [0.05, 0.1) is 4.88 Å². The number of hydrogen-bond donors (Lipinski definition) is 0. The van der Waals surface area contributed by atoms with Crippen LogP contribution in [0.5, 0.6) is 0 Å². The van der Waals surface area contributed by atoms with Crippen LogP contribution in [0.4, 0.5) is 8.78 Å². The van der Waals surface area contributed by atoms with Crippen LogP contribution in [0.1, 0.15) is 17.7 Å². The molecular weight excluding hydrogens is 208 g/mol. The Morgan fingerprint density at radius 3 is 2.79 bits per heavy atom. The lowest BCUT2D eigenvalue weighted by molar-refractivity contribution is 0.111. The van der Waals surface area contributed by atoms with Gasteiger partial charge in [0.1, 0.15) is 5.69 Å². The average molecular weight is 215 g/mol. The molecule has 0 aliphatic heterocycles. The minimum atomic E-state index is -2.60. The van der Waals surface area contributed by atoms with Crippen LogP contribution in [0.2, 0.25) is 0 Å². The van der Waals surface area contributed by atoms with Crippen LogP contribution in [-0.4, -0.2) is 5.16 Å². The summed E-state index contributed by atoms with van der Waals surface area (Å²) in [6.07, 6.45) is -2.60. The molecule has 2 aromatic rings. The van der Waals surface area contributed by atoms with Crippen LogP contribution in [-0.2, 0) is 0 Å². The van der Waals surface area contributed by atoms with Gasteiger partial charge < -0.3 is 4.52 Å². The first-order valence-corrected chi connectivity index (χ1v) is 4.86. The Balaban J connectivity index is 2.47. The molecule has 0 aliphatic carbocycles. The largest absolute Gasteiger partial charge is 0.354 e. The summed E-state index contributed by atoms with van der Waals surface area (Å²) in [4.78, 5) is 0.846. The summed E-state index contributed by atoms with van der Waals surface area (Å²) >= 11 is 1.45. The van der Waals surface area contributed by atoms with Gasteiger partial charge in [-0.25, -0.2) is 8.78 Å². The van der Waals surface area contributed by atoms with E-state index in [2.05, 4.69) is 9.68 Å². The van der Waals surface area contributed by atoms with Gasteiger partial charge in [-0.1, -0.05) is 11.2 Å². The van der Waals surface area contributed by atoms with Crippen LogP contribution in [0, 0.1) is 6.92 Å². The van der Waals surface area contributed by atoms with E-state index in [1.807, 2.05) is 17.5 Å². The number of alkyl halides is 2. The fraction of sp³-hybridized carbons (Fsp3) is 0.222. The van der Waals surface area contributed by atoms with Crippen LogP contribution < -0.4 is 0 Å². The molecule has 0 bridgehead atoms. The Bertz CT molecular complexity index is 422. The summed E-state index contributed by atoms with van der Waals surface area (Å²) in [6.45, 7) is 1.59. The summed E-state index contributed by atoms with van der Waals surface area (Å²) in [5.74, 6) is -0.339. The van der Waals surface area contributed by atoms with E-state index in [1.165, 1.54) is 11.3 Å². The number of thiophene rings is 1. The maximum atomic E-state index is 12.4. The van der Waals surface area contributed by atoms with E-state index in [-0.39, 0.29) is 5.76 Å². The monoisotopic (exact) mass is 215 g/mol. The van der Waals surface area contributed by atoms with Crippen molar-refractivity contribution in [1.29, 1.82) is 0 Å². The second-order valence-corrected chi connectivity index (χ2v) is 3.75. The number of halogens is 2. The lowest BCUT2D eigenvalue weighted by atomic mass is 10.2. The van der Waals surface area contributed by atoms with Crippen LogP contribution in [0.15, 0.2) is 22.0 Å². The van der Waals surface area contributed by atoms with Gasteiger partial charge in [0, 0.05) is 5.56 Å². The maximum Gasteiger partial charge on any atom is 0.298 e. The molecule has 2 nitrogen and oxygen atoms in total. The topological polar surface area (TPSA) is 26.0 Å². The maximum absolute atomic E-state index is 12.4. The Morgan fingerprint density at radius 1 is 1.50 bits per heavy atom. The molecule has 0 spiro atoms. The van der Waals surface area contributed by atoms with Gasteiger partial charge in [0.25, 0.3) is 6.43 Å². The van der Waals surface area contributed by atoms with Crippen molar-refractivity contribution in [2.45, 2.75) is 13.3 Å². The molecule has 0 aliphatic rings. The minimum Gasteiger partial charge on any atom is -0.354 e. The zero-order valence-corrected chi connectivity index (χ0v) is 8.15. The smallest absolute Gasteiger partial charge is 0.298 e. The first kappa shape index (κ1) is 9.33. The summed E-state index contributed by atoms with van der Waals surface area (Å²) in [5.41, 5.74) is 0.928. The predicted octanol–water partition coefficient (Wildman–Crippen LogP) is 3.65. The van der Waals surface area contributed by atoms with Crippen LogP contribution in [0.25, 0.3) is 10.6 Å². The normalized spacial score (nSPS) is 11.1.